The van der Waals surface area contributed by atoms with Crippen molar-refractivity contribution >= 4 is 21.8 Å². The van der Waals surface area contributed by atoms with Crippen LogP contribution in [0, 0.1) is 6.92 Å². The number of benzene rings is 1. The Hall–Kier alpha value is -1.82. The minimum atomic E-state index is -0.417. The van der Waals surface area contributed by atoms with E-state index in [-0.39, 0.29) is 5.91 Å². The van der Waals surface area contributed by atoms with Gasteiger partial charge >= 0.3 is 0 Å². The molecule has 0 aliphatic carbocycles. The van der Waals surface area contributed by atoms with Crippen LogP contribution < -0.4 is 10.1 Å². The van der Waals surface area contributed by atoms with Crippen LogP contribution >= 0.6 is 15.9 Å². The molecule has 0 saturated heterocycles. The molecule has 2 aromatic rings. The second kappa shape index (κ2) is 6.52. The molecule has 1 amide bonds. The molecule has 6 heteroatoms. The van der Waals surface area contributed by atoms with E-state index in [1.807, 2.05) is 37.6 Å². The summed E-state index contributed by atoms with van der Waals surface area (Å²) < 4.78 is 8.78. The van der Waals surface area contributed by atoms with Crippen molar-refractivity contribution in [2.45, 2.75) is 32.4 Å². The van der Waals surface area contributed by atoms with Crippen molar-refractivity contribution in [3.63, 3.8) is 0 Å². The number of carbonyl (C=O) groups is 1. The summed E-state index contributed by atoms with van der Waals surface area (Å²) in [4.78, 5) is 16.2. The fourth-order valence-corrected chi connectivity index (χ4v) is 2.97. The van der Waals surface area contributed by atoms with E-state index in [1.165, 1.54) is 0 Å². The number of nitrogens with one attached hydrogen (secondary N) is 1. The maximum absolute atomic E-state index is 12.2. The molecule has 1 aliphatic heterocycles. The highest BCUT2D eigenvalue weighted by molar-refractivity contribution is 9.10. The van der Waals surface area contributed by atoms with Gasteiger partial charge in [0.2, 0.25) is 0 Å². The molecule has 116 valence electrons. The number of nitrogens with zero attached hydrogens (tertiary/aromatic N) is 2. The molecule has 0 spiro atoms. The number of imidazole rings is 1. The minimum absolute atomic E-state index is 0.0466. The third-order valence-electron chi connectivity index (χ3n) is 3.78. The van der Waals surface area contributed by atoms with Crippen LogP contribution in [0.15, 0.2) is 35.2 Å². The first-order chi connectivity index (χ1) is 10.6. The van der Waals surface area contributed by atoms with Gasteiger partial charge in [0.1, 0.15) is 5.75 Å². The minimum Gasteiger partial charge on any atom is -0.480 e. The Morgan fingerprint density at radius 1 is 1.55 bits per heavy atom. The van der Waals surface area contributed by atoms with Crippen LogP contribution in [0.3, 0.4) is 0 Å². The molecule has 1 atom stereocenters. The molecule has 0 fully saturated rings. The quantitative estimate of drug-likeness (QED) is 0.830. The Bertz CT molecular complexity index is 684. The average molecular weight is 364 g/mol. The Labute approximate surface area is 137 Å². The first-order valence-electron chi connectivity index (χ1n) is 7.33. The zero-order chi connectivity index (χ0) is 15.5. The van der Waals surface area contributed by atoms with E-state index in [4.69, 9.17) is 4.74 Å². The van der Waals surface area contributed by atoms with Crippen LogP contribution in [0.25, 0.3) is 0 Å². The third kappa shape index (κ3) is 3.32. The molecule has 3 rings (SSSR count). The molecule has 1 unspecified atom stereocenters. The summed E-state index contributed by atoms with van der Waals surface area (Å²) in [5, 5.41) is 2.95. The van der Waals surface area contributed by atoms with E-state index in [2.05, 4.69) is 30.8 Å². The highest BCUT2D eigenvalue weighted by Gasteiger charge is 2.28. The largest absolute Gasteiger partial charge is 0.480 e. The lowest BCUT2D eigenvalue weighted by atomic mass is 10.1. The van der Waals surface area contributed by atoms with E-state index in [0.29, 0.717) is 13.0 Å². The van der Waals surface area contributed by atoms with Gasteiger partial charge in [-0.3, -0.25) is 4.79 Å². The predicted octanol–water partition coefficient (Wildman–Crippen LogP) is 2.46. The fraction of sp³-hybridized carbons (Fsp3) is 0.375. The van der Waals surface area contributed by atoms with Gasteiger partial charge < -0.3 is 14.6 Å². The van der Waals surface area contributed by atoms with E-state index in [1.54, 1.807) is 0 Å². The zero-order valence-electron chi connectivity index (χ0n) is 12.4. The van der Waals surface area contributed by atoms with Crippen molar-refractivity contribution in [3.05, 3.63) is 46.5 Å². The van der Waals surface area contributed by atoms with Crippen LogP contribution in [-0.4, -0.2) is 28.1 Å². The number of aryl methyl sites for hydroxylation is 2. The normalized spacial score (nSPS) is 16.2. The second-order valence-electron chi connectivity index (χ2n) is 5.44. The summed E-state index contributed by atoms with van der Waals surface area (Å²) in [5.41, 5.74) is 2.20. The first kappa shape index (κ1) is 15.1. The lowest BCUT2D eigenvalue weighted by molar-refractivity contribution is -0.127. The summed E-state index contributed by atoms with van der Waals surface area (Å²) in [7, 11) is 0. The summed E-state index contributed by atoms with van der Waals surface area (Å²) >= 11 is 3.43. The number of fused-ring (bicyclic) bond motifs is 1. The summed E-state index contributed by atoms with van der Waals surface area (Å²) in [6.07, 6.45) is 4.72. The molecule has 2 heterocycles. The van der Waals surface area contributed by atoms with Crippen LogP contribution in [0.5, 0.6) is 5.75 Å². The van der Waals surface area contributed by atoms with E-state index in [0.717, 1.165) is 34.4 Å². The number of hydrogen-bond acceptors (Lipinski definition) is 3. The van der Waals surface area contributed by atoms with Crippen LogP contribution in [0.4, 0.5) is 0 Å². The Balaban J connectivity index is 1.45. The topological polar surface area (TPSA) is 56.2 Å². The maximum atomic E-state index is 12.2. The molecule has 1 aromatic heterocycles. The molecule has 0 bridgehead atoms. The van der Waals surface area contributed by atoms with E-state index < -0.39 is 6.10 Å². The van der Waals surface area contributed by atoms with Crippen molar-refractivity contribution in [2.75, 3.05) is 6.54 Å². The third-order valence-corrected chi connectivity index (χ3v) is 4.28. The van der Waals surface area contributed by atoms with Gasteiger partial charge in [-0.1, -0.05) is 15.9 Å². The fourth-order valence-electron chi connectivity index (χ4n) is 2.56. The Kier molecular flexibility index (Phi) is 4.47. The van der Waals surface area contributed by atoms with Crippen molar-refractivity contribution in [2.24, 2.45) is 0 Å². The molecule has 1 aliphatic rings. The SMILES string of the molecule is Cc1cncn1CCCNC(=O)C1Cc2cc(Br)ccc2O1. The van der Waals surface area contributed by atoms with Gasteiger partial charge in [0.05, 0.1) is 6.33 Å². The number of ether oxygens (including phenoxy) is 1. The van der Waals surface area contributed by atoms with Gasteiger partial charge in [-0.15, -0.1) is 0 Å². The number of halogens is 1. The smallest absolute Gasteiger partial charge is 0.261 e. The highest BCUT2D eigenvalue weighted by Crippen LogP contribution is 2.31. The average Bonchev–Trinajstić information content (AvgIpc) is 3.09. The molecule has 1 aromatic carbocycles. The van der Waals surface area contributed by atoms with Crippen LogP contribution in [-0.2, 0) is 17.8 Å². The van der Waals surface area contributed by atoms with Gasteiger partial charge in [0.15, 0.2) is 6.10 Å². The molecule has 0 saturated carbocycles. The molecule has 1 N–H and O–H groups in total. The van der Waals surface area contributed by atoms with E-state index >= 15 is 0 Å². The molecular weight excluding hydrogens is 346 g/mol. The van der Waals surface area contributed by atoms with E-state index in [9.17, 15) is 4.79 Å². The number of rotatable bonds is 5. The van der Waals surface area contributed by atoms with Crippen molar-refractivity contribution in [3.8, 4) is 5.75 Å². The monoisotopic (exact) mass is 363 g/mol. The van der Waals surface area contributed by atoms with Gasteiger partial charge in [-0.2, -0.15) is 0 Å². The Morgan fingerprint density at radius 2 is 2.41 bits per heavy atom. The maximum Gasteiger partial charge on any atom is 0.261 e. The van der Waals surface area contributed by atoms with Gasteiger partial charge in [0, 0.05) is 35.9 Å². The predicted molar refractivity (Wildman–Crippen MR) is 86.9 cm³/mol. The van der Waals surface area contributed by atoms with Crippen LogP contribution in [0.2, 0.25) is 0 Å². The van der Waals surface area contributed by atoms with Gasteiger partial charge in [-0.25, -0.2) is 4.98 Å². The standard InChI is InChI=1S/C16H18BrN3O2/c1-11-9-18-10-20(11)6-2-5-19-16(21)15-8-12-7-13(17)3-4-14(12)22-15/h3-4,7,9-10,15H,2,5-6,8H2,1H3,(H,19,21). The number of carbonyl (C=O) groups excluding carboxylic acids is 1. The van der Waals surface area contributed by atoms with Gasteiger partial charge in [-0.05, 0) is 37.1 Å². The molecule has 22 heavy (non-hydrogen) atoms. The summed E-state index contributed by atoms with van der Waals surface area (Å²) in [6, 6.07) is 5.82. The number of hydrogen-bond donors (Lipinski definition) is 1. The number of aromatic nitrogens is 2. The Morgan fingerprint density at radius 3 is 3.18 bits per heavy atom. The van der Waals surface area contributed by atoms with Gasteiger partial charge in [0.25, 0.3) is 5.91 Å². The first-order valence-corrected chi connectivity index (χ1v) is 8.12. The molecule has 0 radical (unpaired) electrons. The summed E-state index contributed by atoms with van der Waals surface area (Å²) in [5.74, 6) is 0.757. The van der Waals surface area contributed by atoms with Crippen molar-refractivity contribution < 1.29 is 9.53 Å². The number of amides is 1. The molecule has 5 nitrogen and oxygen atoms in total. The molecular formula is C16H18BrN3O2. The summed E-state index contributed by atoms with van der Waals surface area (Å²) in [6.45, 7) is 3.51. The van der Waals surface area contributed by atoms with Crippen molar-refractivity contribution in [1.29, 1.82) is 0 Å². The van der Waals surface area contributed by atoms with Crippen LogP contribution in [0.1, 0.15) is 17.7 Å². The lowest BCUT2D eigenvalue weighted by Crippen LogP contribution is -2.38. The lowest BCUT2D eigenvalue weighted by Gasteiger charge is -2.11. The van der Waals surface area contributed by atoms with Crippen molar-refractivity contribution in [1.82, 2.24) is 14.9 Å². The second-order valence-corrected chi connectivity index (χ2v) is 6.35. The highest BCUT2D eigenvalue weighted by atomic mass is 79.9. The zero-order valence-corrected chi connectivity index (χ0v) is 14.0.